The minimum Gasteiger partial charge on any atom is -0.355 e. The average molecular weight is 385 g/mol. The van der Waals surface area contributed by atoms with E-state index >= 15 is 0 Å². The van der Waals surface area contributed by atoms with Crippen LogP contribution in [0.1, 0.15) is 21.6 Å². The lowest BCUT2D eigenvalue weighted by molar-refractivity contribution is 0.0963. The van der Waals surface area contributed by atoms with Crippen LogP contribution in [-0.4, -0.2) is 23.2 Å². The molecule has 0 radical (unpaired) electrons. The van der Waals surface area contributed by atoms with Crippen LogP contribution in [0.5, 0.6) is 0 Å². The standard InChI is InChI=1S/C23H19N3OS/c1-24-23(27)17-8-5-9-18(14-17)28-19-11-12-20-21(25-26-22(20)15-19)13-10-16-6-3-2-4-7-16/h2-15H,1H3,(H,24,27)(H,25,26)/b13-10+. The third-order valence-corrected chi connectivity index (χ3v) is 5.34. The molecular formula is C23H19N3OS. The van der Waals surface area contributed by atoms with Crippen molar-refractivity contribution in [1.29, 1.82) is 0 Å². The number of aromatic nitrogens is 2. The minimum atomic E-state index is -0.0821. The fourth-order valence-corrected chi connectivity index (χ4v) is 3.85. The smallest absolute Gasteiger partial charge is 0.251 e. The first-order valence-electron chi connectivity index (χ1n) is 8.94. The van der Waals surface area contributed by atoms with Gasteiger partial charge in [-0.2, -0.15) is 5.10 Å². The van der Waals surface area contributed by atoms with E-state index in [9.17, 15) is 4.79 Å². The van der Waals surface area contributed by atoms with Crippen molar-refractivity contribution in [2.75, 3.05) is 7.05 Å². The molecule has 0 saturated carbocycles. The summed E-state index contributed by atoms with van der Waals surface area (Å²) < 4.78 is 0. The van der Waals surface area contributed by atoms with E-state index in [2.05, 4.69) is 51.9 Å². The van der Waals surface area contributed by atoms with Gasteiger partial charge in [-0.1, -0.05) is 54.2 Å². The summed E-state index contributed by atoms with van der Waals surface area (Å²) in [6.07, 6.45) is 4.08. The molecule has 0 aliphatic carbocycles. The molecule has 0 bridgehead atoms. The quantitative estimate of drug-likeness (QED) is 0.494. The number of nitrogens with one attached hydrogen (secondary N) is 2. The Balaban J connectivity index is 1.56. The summed E-state index contributed by atoms with van der Waals surface area (Å²) >= 11 is 1.62. The lowest BCUT2D eigenvalue weighted by atomic mass is 10.1. The van der Waals surface area contributed by atoms with Gasteiger partial charge >= 0.3 is 0 Å². The van der Waals surface area contributed by atoms with Crippen molar-refractivity contribution in [1.82, 2.24) is 15.5 Å². The molecule has 2 N–H and O–H groups in total. The maximum Gasteiger partial charge on any atom is 0.251 e. The van der Waals surface area contributed by atoms with Crippen molar-refractivity contribution in [2.24, 2.45) is 0 Å². The van der Waals surface area contributed by atoms with Crippen LogP contribution in [0.2, 0.25) is 0 Å². The maximum atomic E-state index is 11.8. The molecule has 0 fully saturated rings. The summed E-state index contributed by atoms with van der Waals surface area (Å²) in [6.45, 7) is 0. The van der Waals surface area contributed by atoms with Crippen LogP contribution in [0.4, 0.5) is 0 Å². The minimum absolute atomic E-state index is 0.0821. The molecule has 0 atom stereocenters. The number of amides is 1. The van der Waals surface area contributed by atoms with Gasteiger partial charge in [-0.25, -0.2) is 0 Å². The van der Waals surface area contributed by atoms with Crippen LogP contribution in [0, 0.1) is 0 Å². The van der Waals surface area contributed by atoms with Gasteiger partial charge in [-0.05, 0) is 48.0 Å². The van der Waals surface area contributed by atoms with E-state index in [0.717, 1.165) is 32.0 Å². The number of carbonyl (C=O) groups is 1. The average Bonchev–Trinajstić information content (AvgIpc) is 3.15. The first-order chi connectivity index (χ1) is 13.7. The van der Waals surface area contributed by atoms with Gasteiger partial charge in [0, 0.05) is 27.8 Å². The van der Waals surface area contributed by atoms with E-state index in [1.807, 2.05) is 48.5 Å². The maximum absolute atomic E-state index is 11.8. The normalized spacial score (nSPS) is 11.2. The van der Waals surface area contributed by atoms with E-state index in [4.69, 9.17) is 0 Å². The topological polar surface area (TPSA) is 57.8 Å². The zero-order valence-corrected chi connectivity index (χ0v) is 16.2. The third kappa shape index (κ3) is 4.00. The van der Waals surface area contributed by atoms with Crippen LogP contribution in [0.3, 0.4) is 0 Å². The fraction of sp³-hybridized carbons (Fsp3) is 0.0435. The second-order valence-corrected chi connectivity index (χ2v) is 7.42. The number of hydrogen-bond acceptors (Lipinski definition) is 3. The molecule has 5 heteroatoms. The van der Waals surface area contributed by atoms with Crippen molar-refractivity contribution >= 4 is 40.7 Å². The second-order valence-electron chi connectivity index (χ2n) is 6.27. The third-order valence-electron chi connectivity index (χ3n) is 4.36. The van der Waals surface area contributed by atoms with Gasteiger partial charge < -0.3 is 5.32 Å². The molecule has 0 aliphatic heterocycles. The number of carbonyl (C=O) groups excluding carboxylic acids is 1. The molecule has 4 nitrogen and oxygen atoms in total. The number of aromatic amines is 1. The van der Waals surface area contributed by atoms with Gasteiger partial charge in [0.25, 0.3) is 5.91 Å². The summed E-state index contributed by atoms with van der Waals surface area (Å²) in [5.74, 6) is -0.0821. The predicted octanol–water partition coefficient (Wildman–Crippen LogP) is 5.24. The van der Waals surface area contributed by atoms with Crippen LogP contribution < -0.4 is 5.32 Å². The molecule has 1 heterocycles. The van der Waals surface area contributed by atoms with Gasteiger partial charge in [-0.3, -0.25) is 9.89 Å². The number of rotatable bonds is 5. The highest BCUT2D eigenvalue weighted by molar-refractivity contribution is 7.99. The number of benzene rings is 3. The highest BCUT2D eigenvalue weighted by Crippen LogP contribution is 2.31. The monoisotopic (exact) mass is 385 g/mol. The molecular weight excluding hydrogens is 366 g/mol. The van der Waals surface area contributed by atoms with Crippen molar-refractivity contribution in [3.63, 3.8) is 0 Å². The lowest BCUT2D eigenvalue weighted by Gasteiger charge is -2.05. The highest BCUT2D eigenvalue weighted by atomic mass is 32.2. The Morgan fingerprint density at radius 2 is 1.79 bits per heavy atom. The fourth-order valence-electron chi connectivity index (χ4n) is 2.93. The van der Waals surface area contributed by atoms with Crippen molar-refractivity contribution in [2.45, 2.75) is 9.79 Å². The van der Waals surface area contributed by atoms with Crippen LogP contribution in [-0.2, 0) is 0 Å². The summed E-state index contributed by atoms with van der Waals surface area (Å²) in [6, 6.07) is 24.0. The molecule has 0 saturated heterocycles. The van der Waals surface area contributed by atoms with E-state index in [1.165, 1.54) is 0 Å². The first kappa shape index (κ1) is 18.1. The Kier molecular flexibility index (Phi) is 5.26. The zero-order chi connectivity index (χ0) is 19.3. The summed E-state index contributed by atoms with van der Waals surface area (Å²) in [4.78, 5) is 13.9. The molecule has 3 aromatic carbocycles. The van der Waals surface area contributed by atoms with Gasteiger partial charge in [0.1, 0.15) is 0 Å². The molecule has 0 unspecified atom stereocenters. The van der Waals surface area contributed by atoms with Gasteiger partial charge in [-0.15, -0.1) is 0 Å². The molecule has 4 aromatic rings. The molecule has 4 rings (SSSR count). The number of H-pyrrole nitrogens is 1. The predicted molar refractivity (Wildman–Crippen MR) is 115 cm³/mol. The zero-order valence-electron chi connectivity index (χ0n) is 15.3. The van der Waals surface area contributed by atoms with E-state index in [1.54, 1.807) is 18.8 Å². The van der Waals surface area contributed by atoms with Gasteiger partial charge in [0.15, 0.2) is 0 Å². The summed E-state index contributed by atoms with van der Waals surface area (Å²) in [7, 11) is 1.64. The Hall–Kier alpha value is -3.31. The summed E-state index contributed by atoms with van der Waals surface area (Å²) in [5.41, 5.74) is 3.70. The Morgan fingerprint density at radius 3 is 2.61 bits per heavy atom. The SMILES string of the molecule is CNC(=O)c1cccc(Sc2ccc3c(/C=C/c4ccccc4)n[nH]c3c2)c1. The Morgan fingerprint density at radius 1 is 0.964 bits per heavy atom. The molecule has 0 aliphatic rings. The van der Waals surface area contributed by atoms with Crippen molar-refractivity contribution in [3.05, 3.63) is 89.6 Å². The van der Waals surface area contributed by atoms with E-state index in [-0.39, 0.29) is 5.91 Å². The number of hydrogen-bond donors (Lipinski definition) is 2. The molecule has 28 heavy (non-hydrogen) atoms. The number of nitrogens with zero attached hydrogens (tertiary/aromatic N) is 1. The second kappa shape index (κ2) is 8.15. The van der Waals surface area contributed by atoms with Crippen LogP contribution in [0.15, 0.2) is 82.6 Å². The van der Waals surface area contributed by atoms with Crippen molar-refractivity contribution < 1.29 is 4.79 Å². The Bertz CT molecular complexity index is 1150. The molecule has 1 aromatic heterocycles. The van der Waals surface area contributed by atoms with Crippen molar-refractivity contribution in [3.8, 4) is 0 Å². The molecule has 138 valence electrons. The lowest BCUT2D eigenvalue weighted by Crippen LogP contribution is -2.17. The Labute approximate surface area is 167 Å². The largest absolute Gasteiger partial charge is 0.355 e. The molecule has 0 spiro atoms. The van der Waals surface area contributed by atoms with Gasteiger partial charge in [0.05, 0.1) is 11.2 Å². The molecule has 1 amide bonds. The van der Waals surface area contributed by atoms with E-state index < -0.39 is 0 Å². The number of fused-ring (bicyclic) bond motifs is 1. The van der Waals surface area contributed by atoms with Crippen LogP contribution >= 0.6 is 11.8 Å². The first-order valence-corrected chi connectivity index (χ1v) is 9.76. The van der Waals surface area contributed by atoms with E-state index in [0.29, 0.717) is 5.56 Å². The van der Waals surface area contributed by atoms with Crippen LogP contribution in [0.25, 0.3) is 23.1 Å². The van der Waals surface area contributed by atoms with Gasteiger partial charge in [0.2, 0.25) is 0 Å². The summed E-state index contributed by atoms with van der Waals surface area (Å²) in [5, 5.41) is 11.3. The highest BCUT2D eigenvalue weighted by Gasteiger charge is 2.07.